The van der Waals surface area contributed by atoms with Gasteiger partial charge in [-0.2, -0.15) is 0 Å². The number of hydrogen-bond acceptors (Lipinski definition) is 1. The number of aryl methyl sites for hydroxylation is 1. The zero-order chi connectivity index (χ0) is 8.72. The summed E-state index contributed by atoms with van der Waals surface area (Å²) < 4.78 is 1.59. The highest BCUT2D eigenvalue weighted by atomic mass is 79.9. The molecule has 0 aliphatic heterocycles. The van der Waals surface area contributed by atoms with Crippen LogP contribution in [0.2, 0.25) is 0 Å². The molecule has 0 saturated carbocycles. The van der Waals surface area contributed by atoms with Gasteiger partial charge in [0.1, 0.15) is 0 Å². The predicted octanol–water partition coefficient (Wildman–Crippen LogP) is 2.81. The number of hydrogen-bond donors (Lipinski definition) is 1. The summed E-state index contributed by atoms with van der Waals surface area (Å²) in [4.78, 5) is 0. The van der Waals surface area contributed by atoms with Gasteiger partial charge in [-0.1, -0.05) is 12.1 Å². The number of aromatic hydroxyl groups is 1. The molecule has 0 radical (unpaired) electrons. The molecule has 3 heteroatoms. The van der Waals surface area contributed by atoms with Crippen LogP contribution < -0.4 is 0 Å². The molecule has 1 N–H and O–H groups in total. The zero-order valence-corrected chi connectivity index (χ0v) is 8.17. The summed E-state index contributed by atoms with van der Waals surface area (Å²) in [5, 5.41) is 10.5. The van der Waals surface area contributed by atoms with Gasteiger partial charge in [0.05, 0.1) is 21.7 Å². The fourth-order valence-electron chi connectivity index (χ4n) is 1.33. The topological polar surface area (TPSA) is 25.2 Å². The maximum absolute atomic E-state index is 9.38. The van der Waals surface area contributed by atoms with Crippen LogP contribution >= 0.6 is 16.1 Å². The van der Waals surface area contributed by atoms with Crippen LogP contribution in [0.3, 0.4) is 0 Å². The van der Waals surface area contributed by atoms with E-state index in [4.69, 9.17) is 0 Å². The summed E-state index contributed by atoms with van der Waals surface area (Å²) >= 11 is 3.25. The van der Waals surface area contributed by atoms with E-state index < -0.39 is 0 Å². The number of fused-ring (bicyclic) bond motifs is 1. The second kappa shape index (κ2) is 2.52. The summed E-state index contributed by atoms with van der Waals surface area (Å²) in [6, 6.07) is 7.69. The van der Waals surface area contributed by atoms with Crippen LogP contribution in [0.25, 0.3) is 10.9 Å². The molecular weight excluding hydrogens is 218 g/mol. The molecule has 0 saturated heterocycles. The smallest absolute Gasteiger partial charge is 0.202 e. The first-order valence-electron chi connectivity index (χ1n) is 3.66. The van der Waals surface area contributed by atoms with Gasteiger partial charge in [0.2, 0.25) is 5.88 Å². The van der Waals surface area contributed by atoms with Gasteiger partial charge >= 0.3 is 0 Å². The second-order valence-electron chi connectivity index (χ2n) is 2.79. The summed E-state index contributed by atoms with van der Waals surface area (Å²) in [5.74, 6) is 0.235. The van der Waals surface area contributed by atoms with Crippen molar-refractivity contribution in [2.75, 3.05) is 0 Å². The molecule has 62 valence electrons. The summed E-state index contributed by atoms with van der Waals surface area (Å²) in [7, 11) is 0. The van der Waals surface area contributed by atoms with Crippen molar-refractivity contribution >= 4 is 27.1 Å². The van der Waals surface area contributed by atoms with E-state index in [1.165, 1.54) is 5.56 Å². The van der Waals surface area contributed by atoms with Gasteiger partial charge in [-0.15, -0.1) is 0 Å². The molecule has 0 atom stereocenters. The highest BCUT2D eigenvalue weighted by Gasteiger charge is 2.05. The summed E-state index contributed by atoms with van der Waals surface area (Å²) in [6.07, 6.45) is 0. The normalized spacial score (nSPS) is 10.8. The molecule has 2 aromatic rings. The monoisotopic (exact) mass is 225 g/mol. The maximum atomic E-state index is 9.38. The molecule has 0 spiro atoms. The number of halogens is 1. The zero-order valence-electron chi connectivity index (χ0n) is 6.58. The fourth-order valence-corrected chi connectivity index (χ4v) is 1.74. The third-order valence-corrected chi connectivity index (χ3v) is 2.73. The van der Waals surface area contributed by atoms with Gasteiger partial charge in [0.15, 0.2) is 0 Å². The van der Waals surface area contributed by atoms with E-state index in [0.717, 1.165) is 10.9 Å². The molecule has 0 amide bonds. The van der Waals surface area contributed by atoms with E-state index in [1.807, 2.05) is 25.1 Å². The molecule has 0 aliphatic rings. The van der Waals surface area contributed by atoms with E-state index in [-0.39, 0.29) is 5.88 Å². The van der Waals surface area contributed by atoms with Crippen LogP contribution in [0.15, 0.2) is 24.3 Å². The highest BCUT2D eigenvalue weighted by molar-refractivity contribution is 9.08. The van der Waals surface area contributed by atoms with Gasteiger partial charge in [0, 0.05) is 11.5 Å². The molecule has 1 aromatic carbocycles. The second-order valence-corrected chi connectivity index (χ2v) is 3.50. The van der Waals surface area contributed by atoms with E-state index in [9.17, 15) is 5.11 Å². The van der Waals surface area contributed by atoms with Crippen LogP contribution in [0.4, 0.5) is 0 Å². The Hall–Kier alpha value is -0.960. The third-order valence-electron chi connectivity index (χ3n) is 1.99. The first kappa shape index (κ1) is 7.68. The Kier molecular flexibility index (Phi) is 1.61. The van der Waals surface area contributed by atoms with Crippen LogP contribution in [0.5, 0.6) is 5.88 Å². The van der Waals surface area contributed by atoms with Crippen molar-refractivity contribution in [1.82, 2.24) is 3.59 Å². The Morgan fingerprint density at radius 3 is 2.83 bits per heavy atom. The maximum Gasteiger partial charge on any atom is 0.202 e. The highest BCUT2D eigenvalue weighted by Crippen LogP contribution is 2.28. The number of nitrogens with zero attached hydrogens (tertiary/aromatic N) is 1. The van der Waals surface area contributed by atoms with Crippen molar-refractivity contribution in [2.45, 2.75) is 6.92 Å². The van der Waals surface area contributed by atoms with Crippen molar-refractivity contribution in [1.29, 1.82) is 0 Å². The third kappa shape index (κ3) is 0.932. The van der Waals surface area contributed by atoms with Gasteiger partial charge in [-0.05, 0) is 18.6 Å². The lowest BCUT2D eigenvalue weighted by molar-refractivity contribution is 0.454. The minimum atomic E-state index is 0.235. The molecule has 12 heavy (non-hydrogen) atoms. The quantitative estimate of drug-likeness (QED) is 0.734. The van der Waals surface area contributed by atoms with Crippen LogP contribution in [-0.2, 0) is 0 Å². The van der Waals surface area contributed by atoms with Gasteiger partial charge < -0.3 is 5.11 Å². The standard InChI is InChI=1S/C9H8BrNO/c1-6-3-2-4-8-7(6)5-9(12)11(8)10/h2-5,12H,1H3. The molecule has 2 nitrogen and oxygen atoms in total. The van der Waals surface area contributed by atoms with E-state index in [2.05, 4.69) is 16.1 Å². The number of aromatic nitrogens is 1. The van der Waals surface area contributed by atoms with Crippen LogP contribution in [-0.4, -0.2) is 8.70 Å². The first-order valence-corrected chi connectivity index (χ1v) is 4.37. The molecule has 0 aliphatic carbocycles. The lowest BCUT2D eigenvalue weighted by Gasteiger charge is -1.95. The molecule has 0 bridgehead atoms. The molecule has 2 rings (SSSR count). The van der Waals surface area contributed by atoms with Crippen molar-refractivity contribution in [3.63, 3.8) is 0 Å². The average Bonchev–Trinajstić information content (AvgIpc) is 2.32. The van der Waals surface area contributed by atoms with Crippen molar-refractivity contribution < 1.29 is 5.11 Å². The van der Waals surface area contributed by atoms with Gasteiger partial charge in [0.25, 0.3) is 0 Å². The minimum Gasteiger partial charge on any atom is -0.494 e. The van der Waals surface area contributed by atoms with Crippen molar-refractivity contribution in [3.05, 3.63) is 29.8 Å². The SMILES string of the molecule is Cc1cccc2c1cc(O)n2Br. The van der Waals surface area contributed by atoms with Gasteiger partial charge in [-0.3, -0.25) is 0 Å². The Balaban J connectivity index is 2.95. The van der Waals surface area contributed by atoms with Crippen LogP contribution in [0.1, 0.15) is 5.56 Å². The Bertz CT molecular complexity index is 433. The van der Waals surface area contributed by atoms with Crippen molar-refractivity contribution in [2.24, 2.45) is 0 Å². The van der Waals surface area contributed by atoms with E-state index >= 15 is 0 Å². The largest absolute Gasteiger partial charge is 0.494 e. The summed E-state index contributed by atoms with van der Waals surface area (Å²) in [5.41, 5.74) is 2.16. The molecule has 1 heterocycles. The predicted molar refractivity (Wildman–Crippen MR) is 52.7 cm³/mol. The average molecular weight is 226 g/mol. The fraction of sp³-hybridized carbons (Fsp3) is 0.111. The van der Waals surface area contributed by atoms with Crippen molar-refractivity contribution in [3.8, 4) is 5.88 Å². The Morgan fingerprint density at radius 1 is 1.42 bits per heavy atom. The molecule has 0 fully saturated rings. The lowest BCUT2D eigenvalue weighted by Crippen LogP contribution is -1.77. The first-order chi connectivity index (χ1) is 5.70. The van der Waals surface area contributed by atoms with Crippen LogP contribution in [0, 0.1) is 6.92 Å². The van der Waals surface area contributed by atoms with E-state index in [1.54, 1.807) is 9.66 Å². The van der Waals surface area contributed by atoms with E-state index in [0.29, 0.717) is 0 Å². The Labute approximate surface area is 78.8 Å². The molecule has 0 unspecified atom stereocenters. The molecular formula is C9H8BrNO. The Morgan fingerprint density at radius 2 is 2.17 bits per heavy atom. The lowest BCUT2D eigenvalue weighted by atomic mass is 10.1. The summed E-state index contributed by atoms with van der Waals surface area (Å²) in [6.45, 7) is 2.02. The molecule has 1 aromatic heterocycles. The minimum absolute atomic E-state index is 0.235. The number of benzene rings is 1. The number of rotatable bonds is 0. The van der Waals surface area contributed by atoms with Gasteiger partial charge in [-0.25, -0.2) is 3.59 Å².